The van der Waals surface area contributed by atoms with Crippen LogP contribution in [0.3, 0.4) is 0 Å². The van der Waals surface area contributed by atoms with E-state index in [1.165, 1.54) is 0 Å². The summed E-state index contributed by atoms with van der Waals surface area (Å²) >= 11 is 0. The van der Waals surface area contributed by atoms with Gasteiger partial charge in [-0.25, -0.2) is 0 Å². The number of carbonyl (C=O) groups is 4. The molecular weight excluding hydrogens is 434 g/mol. The zero-order valence-corrected chi connectivity index (χ0v) is 19.9. The largest absolute Gasteiger partial charge is 0.344 e. The maximum Gasteiger partial charge on any atom is 0.243 e. The van der Waals surface area contributed by atoms with E-state index in [0.717, 1.165) is 18.4 Å². The van der Waals surface area contributed by atoms with Crippen LogP contribution in [0, 0.1) is 5.92 Å². The van der Waals surface area contributed by atoms with E-state index in [-0.39, 0.29) is 17.9 Å². The molecule has 2 fully saturated rings. The number of benzene rings is 1. The molecule has 9 heteroatoms. The van der Waals surface area contributed by atoms with Gasteiger partial charge in [-0.1, -0.05) is 30.3 Å². The van der Waals surface area contributed by atoms with Crippen LogP contribution in [0.2, 0.25) is 0 Å². The third-order valence-corrected chi connectivity index (χ3v) is 7.10. The first-order valence-corrected chi connectivity index (χ1v) is 12.2. The Kier molecular flexibility index (Phi) is 9.32. The van der Waals surface area contributed by atoms with Crippen LogP contribution < -0.4 is 22.1 Å². The van der Waals surface area contributed by atoms with Crippen molar-refractivity contribution < 1.29 is 19.2 Å². The minimum Gasteiger partial charge on any atom is -0.344 e. The SMILES string of the molecule is CN[C@H](Cc1ccccc1)C(=O)N1CCC[C@H]1C(=O)N[C@H](C(=O)C(=O)CN)C1CCC(N)CC1. The third kappa shape index (κ3) is 6.28. The Morgan fingerprint density at radius 1 is 1.06 bits per heavy atom. The number of carbonyl (C=O) groups excluding carboxylic acids is 4. The molecule has 9 nitrogen and oxygen atoms in total. The predicted octanol–water partition coefficient (Wildman–Crippen LogP) is -0.0927. The Morgan fingerprint density at radius 3 is 2.35 bits per heavy atom. The molecule has 1 aliphatic carbocycles. The van der Waals surface area contributed by atoms with Gasteiger partial charge in [0.2, 0.25) is 23.4 Å². The molecule has 34 heavy (non-hydrogen) atoms. The van der Waals surface area contributed by atoms with Crippen molar-refractivity contribution in [2.75, 3.05) is 20.1 Å². The van der Waals surface area contributed by atoms with E-state index < -0.39 is 42.1 Å². The lowest BCUT2D eigenvalue weighted by Gasteiger charge is -2.34. The maximum absolute atomic E-state index is 13.3. The summed E-state index contributed by atoms with van der Waals surface area (Å²) in [6.45, 7) is 0.0807. The number of nitrogens with one attached hydrogen (secondary N) is 2. The van der Waals surface area contributed by atoms with Gasteiger partial charge in [-0.2, -0.15) is 0 Å². The zero-order chi connectivity index (χ0) is 24.7. The summed E-state index contributed by atoms with van der Waals surface area (Å²) in [5.74, 6) is -2.06. The molecule has 0 aromatic heterocycles. The van der Waals surface area contributed by atoms with Crippen LogP contribution in [-0.2, 0) is 25.6 Å². The Labute approximate surface area is 201 Å². The molecule has 0 spiro atoms. The summed E-state index contributed by atoms with van der Waals surface area (Å²) in [5.41, 5.74) is 12.4. The van der Waals surface area contributed by atoms with E-state index >= 15 is 0 Å². The van der Waals surface area contributed by atoms with Gasteiger partial charge in [0.05, 0.1) is 18.6 Å². The van der Waals surface area contributed by atoms with E-state index in [2.05, 4.69) is 10.6 Å². The fourth-order valence-corrected chi connectivity index (χ4v) is 5.07. The molecule has 2 amide bonds. The third-order valence-electron chi connectivity index (χ3n) is 7.10. The van der Waals surface area contributed by atoms with Crippen LogP contribution >= 0.6 is 0 Å². The summed E-state index contributed by atoms with van der Waals surface area (Å²) in [6, 6.07) is 7.71. The highest BCUT2D eigenvalue weighted by molar-refractivity contribution is 6.40. The van der Waals surface area contributed by atoms with Crippen molar-refractivity contribution in [2.24, 2.45) is 17.4 Å². The van der Waals surface area contributed by atoms with Crippen LogP contribution in [0.4, 0.5) is 0 Å². The van der Waals surface area contributed by atoms with Crippen molar-refractivity contribution in [3.8, 4) is 0 Å². The van der Waals surface area contributed by atoms with E-state index in [1.54, 1.807) is 11.9 Å². The van der Waals surface area contributed by atoms with Gasteiger partial charge in [0, 0.05) is 12.6 Å². The van der Waals surface area contributed by atoms with Crippen molar-refractivity contribution in [3.05, 3.63) is 35.9 Å². The Morgan fingerprint density at radius 2 is 1.74 bits per heavy atom. The summed E-state index contributed by atoms with van der Waals surface area (Å²) in [7, 11) is 1.73. The number of nitrogens with two attached hydrogens (primary N) is 2. The Hall–Kier alpha value is -2.62. The number of amides is 2. The average Bonchev–Trinajstić information content (AvgIpc) is 3.36. The first-order chi connectivity index (χ1) is 16.3. The lowest BCUT2D eigenvalue weighted by molar-refractivity contribution is -0.142. The van der Waals surface area contributed by atoms with Crippen LogP contribution in [-0.4, -0.2) is 72.6 Å². The molecule has 3 rings (SSSR count). The molecule has 186 valence electrons. The van der Waals surface area contributed by atoms with Gasteiger partial charge >= 0.3 is 0 Å². The second kappa shape index (κ2) is 12.2. The number of ketones is 2. The van der Waals surface area contributed by atoms with Crippen molar-refractivity contribution >= 4 is 23.4 Å². The number of Topliss-reactive ketones (excluding diaryl/α,β-unsaturated/α-hetero) is 2. The molecule has 6 N–H and O–H groups in total. The van der Waals surface area contributed by atoms with Gasteiger partial charge in [0.15, 0.2) is 0 Å². The number of likely N-dealkylation sites (N-methyl/N-ethyl adjacent to an activating group) is 1. The average molecular weight is 472 g/mol. The number of hydrogen-bond acceptors (Lipinski definition) is 7. The van der Waals surface area contributed by atoms with Crippen molar-refractivity contribution in [2.45, 2.75) is 69.1 Å². The molecule has 1 aromatic carbocycles. The highest BCUT2D eigenvalue weighted by atomic mass is 16.2. The highest BCUT2D eigenvalue weighted by Gasteiger charge is 2.40. The lowest BCUT2D eigenvalue weighted by Crippen LogP contribution is -2.57. The van der Waals surface area contributed by atoms with Gasteiger partial charge in [-0.3, -0.25) is 19.2 Å². The van der Waals surface area contributed by atoms with Gasteiger partial charge in [-0.15, -0.1) is 0 Å². The first-order valence-electron chi connectivity index (χ1n) is 12.2. The first kappa shape index (κ1) is 26.0. The molecule has 1 aromatic rings. The zero-order valence-electron chi connectivity index (χ0n) is 19.9. The topological polar surface area (TPSA) is 148 Å². The van der Waals surface area contributed by atoms with Crippen LogP contribution in [0.1, 0.15) is 44.1 Å². The molecule has 1 saturated carbocycles. The number of likely N-dealkylation sites (tertiary alicyclic amines) is 1. The molecular formula is C25H37N5O4. The predicted molar refractivity (Wildman–Crippen MR) is 129 cm³/mol. The molecule has 0 radical (unpaired) electrons. The molecule has 2 aliphatic rings. The number of rotatable bonds is 10. The quantitative estimate of drug-likeness (QED) is 0.349. The number of nitrogens with zero attached hydrogens (tertiary/aromatic N) is 1. The normalized spacial score (nSPS) is 24.3. The Balaban J connectivity index is 1.71. The van der Waals surface area contributed by atoms with E-state index in [1.807, 2.05) is 30.3 Å². The van der Waals surface area contributed by atoms with Crippen molar-refractivity contribution in [3.63, 3.8) is 0 Å². The summed E-state index contributed by atoms with van der Waals surface area (Å²) < 4.78 is 0. The van der Waals surface area contributed by atoms with Gasteiger partial charge < -0.3 is 27.0 Å². The van der Waals surface area contributed by atoms with E-state index in [4.69, 9.17) is 11.5 Å². The minimum absolute atomic E-state index is 0.0685. The molecule has 1 aliphatic heterocycles. The molecule has 1 saturated heterocycles. The fraction of sp³-hybridized carbons (Fsp3) is 0.600. The summed E-state index contributed by atoms with van der Waals surface area (Å²) in [6.07, 6.45) is 4.50. The Bertz CT molecular complexity index is 869. The van der Waals surface area contributed by atoms with Crippen molar-refractivity contribution in [1.29, 1.82) is 0 Å². The van der Waals surface area contributed by atoms with Crippen LogP contribution in [0.25, 0.3) is 0 Å². The summed E-state index contributed by atoms with van der Waals surface area (Å²) in [4.78, 5) is 53.2. The van der Waals surface area contributed by atoms with Crippen LogP contribution in [0.5, 0.6) is 0 Å². The van der Waals surface area contributed by atoms with Gasteiger partial charge in [0.25, 0.3) is 0 Å². The summed E-state index contributed by atoms with van der Waals surface area (Å²) in [5, 5.41) is 5.91. The smallest absolute Gasteiger partial charge is 0.243 e. The standard InChI is InChI=1S/C25H37N5O4/c1-28-19(14-16-6-3-2-4-7-16)25(34)30-13-5-8-20(30)24(33)29-22(23(32)21(31)15-26)17-9-11-18(27)12-10-17/h2-4,6-7,17-20,22,28H,5,8-15,26-27H2,1H3,(H,29,33)/t17?,18?,19-,20+,22+/m1/s1. The molecule has 3 atom stereocenters. The van der Waals surface area contributed by atoms with Gasteiger partial charge in [0.1, 0.15) is 6.04 Å². The highest BCUT2D eigenvalue weighted by Crippen LogP contribution is 2.27. The fourth-order valence-electron chi connectivity index (χ4n) is 5.07. The van der Waals surface area contributed by atoms with E-state index in [9.17, 15) is 19.2 Å². The van der Waals surface area contributed by atoms with Crippen molar-refractivity contribution in [1.82, 2.24) is 15.5 Å². The van der Waals surface area contributed by atoms with Gasteiger partial charge in [-0.05, 0) is 63.5 Å². The molecule has 0 unspecified atom stereocenters. The maximum atomic E-state index is 13.3. The lowest BCUT2D eigenvalue weighted by atomic mass is 9.79. The number of hydrogen-bond donors (Lipinski definition) is 4. The molecule has 1 heterocycles. The van der Waals surface area contributed by atoms with E-state index in [0.29, 0.717) is 38.6 Å². The second-order valence-corrected chi connectivity index (χ2v) is 9.37. The molecule has 0 bridgehead atoms. The van der Waals surface area contributed by atoms with Crippen LogP contribution in [0.15, 0.2) is 30.3 Å². The minimum atomic E-state index is -0.932. The monoisotopic (exact) mass is 471 g/mol. The second-order valence-electron chi connectivity index (χ2n) is 9.37.